The minimum Gasteiger partial charge on any atom is -0.497 e. The van der Waals surface area contributed by atoms with Gasteiger partial charge in [0.15, 0.2) is 5.82 Å². The number of fused-ring (bicyclic) bond motifs is 1. The molecule has 150 valence electrons. The zero-order valence-electron chi connectivity index (χ0n) is 15.9. The average Bonchev–Trinajstić information content (AvgIpc) is 2.74. The number of morpholine rings is 1. The van der Waals surface area contributed by atoms with Gasteiger partial charge in [-0.3, -0.25) is 0 Å². The number of hydrogen-bond donors (Lipinski definition) is 2. The van der Waals surface area contributed by atoms with E-state index in [1.807, 2.05) is 12.1 Å². The number of benzene rings is 2. The number of pyridine rings is 1. The molecule has 0 saturated carbocycles. The number of carbonyl (C=O) groups excluding carboxylic acids is 1. The number of halogens is 1. The second-order valence-electron chi connectivity index (χ2n) is 6.61. The lowest BCUT2D eigenvalue weighted by molar-refractivity contribution is 0.122. The predicted molar refractivity (Wildman–Crippen MR) is 110 cm³/mol. The fourth-order valence-electron chi connectivity index (χ4n) is 3.19. The molecule has 2 aromatic carbocycles. The van der Waals surface area contributed by atoms with Crippen LogP contribution in [0.3, 0.4) is 0 Å². The van der Waals surface area contributed by atoms with Gasteiger partial charge in [0.1, 0.15) is 17.1 Å². The lowest BCUT2D eigenvalue weighted by Gasteiger charge is -2.28. The maximum atomic E-state index is 14.7. The summed E-state index contributed by atoms with van der Waals surface area (Å²) in [7, 11) is 1.57. The predicted octanol–water partition coefficient (Wildman–Crippen LogP) is 3.86. The summed E-state index contributed by atoms with van der Waals surface area (Å²) in [6.07, 6.45) is 0. The minimum atomic E-state index is -0.489. The second kappa shape index (κ2) is 8.32. The van der Waals surface area contributed by atoms with Gasteiger partial charge in [-0.15, -0.1) is 0 Å². The van der Waals surface area contributed by atoms with Crippen LogP contribution in [-0.2, 0) is 4.74 Å². The number of carbonyl (C=O) groups is 1. The molecule has 29 heavy (non-hydrogen) atoms. The monoisotopic (exact) mass is 396 g/mol. The van der Waals surface area contributed by atoms with Crippen LogP contribution in [0.1, 0.15) is 0 Å². The maximum absolute atomic E-state index is 14.7. The molecule has 0 radical (unpaired) electrons. The van der Waals surface area contributed by atoms with Crippen LogP contribution in [0.5, 0.6) is 5.75 Å². The summed E-state index contributed by atoms with van der Waals surface area (Å²) in [5, 5.41) is 5.97. The van der Waals surface area contributed by atoms with Crippen molar-refractivity contribution < 1.29 is 18.7 Å². The Morgan fingerprint density at radius 2 is 1.79 bits per heavy atom. The third kappa shape index (κ3) is 4.38. The Hall–Kier alpha value is -3.39. The normalized spacial score (nSPS) is 13.9. The third-order valence-corrected chi connectivity index (χ3v) is 4.67. The quantitative estimate of drug-likeness (QED) is 0.700. The van der Waals surface area contributed by atoms with E-state index in [4.69, 9.17) is 9.47 Å². The van der Waals surface area contributed by atoms with Crippen molar-refractivity contribution >= 4 is 34.1 Å². The highest BCUT2D eigenvalue weighted by Gasteiger charge is 2.15. The van der Waals surface area contributed by atoms with Crippen LogP contribution in [0.25, 0.3) is 10.9 Å². The van der Waals surface area contributed by atoms with Crippen molar-refractivity contribution in [2.75, 3.05) is 48.9 Å². The summed E-state index contributed by atoms with van der Waals surface area (Å²) in [6.45, 7) is 2.72. The van der Waals surface area contributed by atoms with Crippen molar-refractivity contribution in [2.24, 2.45) is 0 Å². The number of nitrogens with one attached hydrogen (secondary N) is 2. The Morgan fingerprint density at radius 1 is 1.07 bits per heavy atom. The Labute approximate surface area is 167 Å². The first-order chi connectivity index (χ1) is 14.1. The Kier molecular flexibility index (Phi) is 5.44. The summed E-state index contributed by atoms with van der Waals surface area (Å²) in [5.74, 6) is 0.923. The highest BCUT2D eigenvalue weighted by molar-refractivity contribution is 6.01. The molecule has 1 aromatic heterocycles. The summed E-state index contributed by atoms with van der Waals surface area (Å²) in [6, 6.07) is 13.1. The summed E-state index contributed by atoms with van der Waals surface area (Å²) < 4.78 is 25.1. The van der Waals surface area contributed by atoms with E-state index < -0.39 is 11.8 Å². The molecule has 3 aromatic rings. The van der Waals surface area contributed by atoms with Crippen LogP contribution in [0.2, 0.25) is 0 Å². The zero-order valence-corrected chi connectivity index (χ0v) is 15.9. The molecule has 0 atom stereocenters. The topological polar surface area (TPSA) is 75.7 Å². The Bertz CT molecular complexity index is 1020. The molecule has 8 heteroatoms. The molecular formula is C21H21FN4O3. The van der Waals surface area contributed by atoms with Crippen LogP contribution in [-0.4, -0.2) is 44.4 Å². The van der Waals surface area contributed by atoms with Gasteiger partial charge in [0.25, 0.3) is 0 Å². The van der Waals surface area contributed by atoms with Gasteiger partial charge in [0.2, 0.25) is 0 Å². The van der Waals surface area contributed by atoms with E-state index in [2.05, 4.69) is 20.5 Å². The first-order valence-corrected chi connectivity index (χ1v) is 9.27. The van der Waals surface area contributed by atoms with E-state index in [1.165, 1.54) is 6.07 Å². The number of urea groups is 1. The largest absolute Gasteiger partial charge is 0.497 e. The third-order valence-electron chi connectivity index (χ3n) is 4.67. The fraction of sp³-hybridized carbons (Fsp3) is 0.238. The molecule has 0 spiro atoms. The highest BCUT2D eigenvalue weighted by atomic mass is 19.1. The van der Waals surface area contributed by atoms with Crippen molar-refractivity contribution in [3.63, 3.8) is 0 Å². The number of rotatable bonds is 4. The number of hydrogen-bond acceptors (Lipinski definition) is 5. The van der Waals surface area contributed by atoms with Crippen molar-refractivity contribution in [3.05, 3.63) is 54.3 Å². The van der Waals surface area contributed by atoms with E-state index in [-0.39, 0.29) is 5.52 Å². The number of nitrogens with zero attached hydrogens (tertiary/aromatic N) is 2. The van der Waals surface area contributed by atoms with E-state index in [0.717, 1.165) is 18.9 Å². The number of amides is 2. The van der Waals surface area contributed by atoms with Gasteiger partial charge in [-0.2, -0.15) is 0 Å². The first kappa shape index (κ1) is 18.9. The van der Waals surface area contributed by atoms with Crippen LogP contribution >= 0.6 is 0 Å². The number of ether oxygens (including phenoxy) is 2. The molecule has 0 unspecified atom stereocenters. The second-order valence-corrected chi connectivity index (χ2v) is 6.61. The van der Waals surface area contributed by atoms with Crippen molar-refractivity contribution in [1.82, 2.24) is 4.98 Å². The van der Waals surface area contributed by atoms with Gasteiger partial charge in [-0.1, -0.05) is 0 Å². The fourth-order valence-corrected chi connectivity index (χ4v) is 3.19. The summed E-state index contributed by atoms with van der Waals surface area (Å²) in [4.78, 5) is 18.8. The molecule has 7 nitrogen and oxygen atoms in total. The zero-order chi connectivity index (χ0) is 20.2. The summed E-state index contributed by atoms with van der Waals surface area (Å²) in [5.41, 5.74) is 1.22. The molecule has 1 fully saturated rings. The van der Waals surface area contributed by atoms with Gasteiger partial charge >= 0.3 is 6.03 Å². The number of methoxy groups -OCH3 is 1. The van der Waals surface area contributed by atoms with Crippen LogP contribution in [0, 0.1) is 5.82 Å². The van der Waals surface area contributed by atoms with Gasteiger partial charge in [-0.05, 0) is 48.5 Å². The van der Waals surface area contributed by atoms with E-state index in [1.54, 1.807) is 37.4 Å². The van der Waals surface area contributed by atoms with E-state index >= 15 is 0 Å². The molecular weight excluding hydrogens is 375 g/mol. The lowest BCUT2D eigenvalue weighted by atomic mass is 10.2. The highest BCUT2D eigenvalue weighted by Crippen LogP contribution is 2.25. The van der Waals surface area contributed by atoms with Crippen LogP contribution < -0.4 is 20.3 Å². The van der Waals surface area contributed by atoms with Gasteiger partial charge in [0.05, 0.1) is 20.3 Å². The number of anilines is 3. The number of aromatic nitrogens is 1. The Balaban J connectivity index is 1.49. The first-order valence-electron chi connectivity index (χ1n) is 9.27. The smallest absolute Gasteiger partial charge is 0.323 e. The lowest BCUT2D eigenvalue weighted by Crippen LogP contribution is -2.36. The summed E-state index contributed by atoms with van der Waals surface area (Å²) >= 11 is 0. The van der Waals surface area contributed by atoms with E-state index in [9.17, 15) is 9.18 Å². The molecule has 2 heterocycles. The average molecular weight is 396 g/mol. The maximum Gasteiger partial charge on any atom is 0.323 e. The van der Waals surface area contributed by atoms with Gasteiger partial charge < -0.3 is 25.0 Å². The molecule has 2 N–H and O–H groups in total. The molecule has 1 saturated heterocycles. The molecule has 0 bridgehead atoms. The molecule has 2 amide bonds. The van der Waals surface area contributed by atoms with Crippen molar-refractivity contribution in [3.8, 4) is 5.75 Å². The molecule has 1 aliphatic heterocycles. The van der Waals surface area contributed by atoms with Crippen molar-refractivity contribution in [1.29, 1.82) is 0 Å². The standard InChI is InChI=1S/C21H21FN4O3/c1-28-17-5-3-15(4-6-17)23-21(27)24-16-12-14-2-7-19(25-20(14)18(22)13-16)26-8-10-29-11-9-26/h2-7,12-13H,8-11H2,1H3,(H2,23,24,27). The molecule has 1 aliphatic rings. The van der Waals surface area contributed by atoms with Gasteiger partial charge in [-0.25, -0.2) is 14.2 Å². The molecule has 0 aliphatic carbocycles. The SMILES string of the molecule is COc1ccc(NC(=O)Nc2cc(F)c3nc(N4CCOCC4)ccc3c2)cc1. The minimum absolute atomic E-state index is 0.273. The van der Waals surface area contributed by atoms with E-state index in [0.29, 0.717) is 35.7 Å². The molecule has 4 rings (SSSR count). The Morgan fingerprint density at radius 3 is 2.52 bits per heavy atom. The van der Waals surface area contributed by atoms with Crippen LogP contribution in [0.15, 0.2) is 48.5 Å². The van der Waals surface area contributed by atoms with Crippen LogP contribution in [0.4, 0.5) is 26.4 Å². The van der Waals surface area contributed by atoms with Gasteiger partial charge in [0, 0.05) is 29.9 Å². The van der Waals surface area contributed by atoms with Crippen molar-refractivity contribution in [2.45, 2.75) is 0 Å².